The molecule has 3 heteroatoms. The molecule has 1 saturated carbocycles. The first-order valence-corrected chi connectivity index (χ1v) is 8.19. The smallest absolute Gasteiger partial charge is 0.123 e. The lowest BCUT2D eigenvalue weighted by molar-refractivity contribution is 0.427. The molecule has 1 aromatic heterocycles. The lowest BCUT2D eigenvalue weighted by atomic mass is 9.85. The number of aromatic nitrogens is 2. The minimum Gasteiger partial charge on any atom is -0.237 e. The zero-order valence-corrected chi connectivity index (χ0v) is 12.3. The molecule has 21 heavy (non-hydrogen) atoms. The molecule has 2 nitrogen and oxygen atoms in total. The monoisotopic (exact) mass is 284 g/mol. The zero-order valence-electron chi connectivity index (χ0n) is 12.3. The van der Waals surface area contributed by atoms with Crippen molar-refractivity contribution in [3.05, 3.63) is 47.0 Å². The number of halogens is 1. The summed E-state index contributed by atoms with van der Waals surface area (Å²) in [4.78, 5) is 0. The van der Waals surface area contributed by atoms with Gasteiger partial charge in [0.1, 0.15) is 5.82 Å². The van der Waals surface area contributed by atoms with Gasteiger partial charge in [0.15, 0.2) is 0 Å². The standard InChI is InChI=1S/C18H21FN2/c19-14-9-11-15(12-10-14)21-18(13-5-2-1-3-6-13)16-7-4-8-17(16)20-21/h9-13H,1-8H2. The van der Waals surface area contributed by atoms with Crippen molar-refractivity contribution in [3.8, 4) is 5.69 Å². The van der Waals surface area contributed by atoms with Crippen LogP contribution in [0.2, 0.25) is 0 Å². The van der Waals surface area contributed by atoms with Gasteiger partial charge in [0.05, 0.1) is 17.1 Å². The maximum Gasteiger partial charge on any atom is 0.123 e. The van der Waals surface area contributed by atoms with Gasteiger partial charge in [-0.15, -0.1) is 0 Å². The van der Waals surface area contributed by atoms with E-state index in [0.29, 0.717) is 5.92 Å². The molecule has 4 rings (SSSR count). The fourth-order valence-corrected chi connectivity index (χ4v) is 3.99. The lowest BCUT2D eigenvalue weighted by Gasteiger charge is -2.24. The van der Waals surface area contributed by atoms with Crippen LogP contribution in [0.15, 0.2) is 24.3 Å². The maximum atomic E-state index is 13.2. The summed E-state index contributed by atoms with van der Waals surface area (Å²) in [5.74, 6) is 0.454. The van der Waals surface area contributed by atoms with Gasteiger partial charge in [-0.05, 0) is 61.9 Å². The summed E-state index contributed by atoms with van der Waals surface area (Å²) in [6.07, 6.45) is 10.1. The summed E-state index contributed by atoms with van der Waals surface area (Å²) in [6, 6.07) is 6.77. The molecule has 0 aliphatic heterocycles. The van der Waals surface area contributed by atoms with Crippen LogP contribution in [0.3, 0.4) is 0 Å². The molecule has 0 spiro atoms. The molecule has 2 aliphatic carbocycles. The van der Waals surface area contributed by atoms with Crippen molar-refractivity contribution in [1.29, 1.82) is 0 Å². The molecule has 0 amide bonds. The zero-order chi connectivity index (χ0) is 14.2. The number of hydrogen-bond donors (Lipinski definition) is 0. The molecule has 0 bridgehead atoms. The van der Waals surface area contributed by atoms with Crippen molar-refractivity contribution in [3.63, 3.8) is 0 Å². The Hall–Kier alpha value is -1.64. The Labute approximate surface area is 125 Å². The van der Waals surface area contributed by atoms with E-state index in [1.807, 2.05) is 12.1 Å². The number of hydrogen-bond acceptors (Lipinski definition) is 1. The second-order valence-corrected chi connectivity index (χ2v) is 6.39. The molecule has 0 saturated heterocycles. The van der Waals surface area contributed by atoms with E-state index in [2.05, 4.69) is 4.68 Å². The lowest BCUT2D eigenvalue weighted by Crippen LogP contribution is -2.12. The second kappa shape index (κ2) is 5.28. The third-order valence-corrected chi connectivity index (χ3v) is 5.01. The van der Waals surface area contributed by atoms with Gasteiger partial charge in [-0.2, -0.15) is 5.10 Å². The molecule has 0 atom stereocenters. The van der Waals surface area contributed by atoms with Crippen molar-refractivity contribution in [2.75, 3.05) is 0 Å². The molecule has 0 radical (unpaired) electrons. The first-order chi connectivity index (χ1) is 10.3. The highest BCUT2D eigenvalue weighted by atomic mass is 19.1. The first-order valence-electron chi connectivity index (χ1n) is 8.19. The molecule has 2 aromatic rings. The summed E-state index contributed by atoms with van der Waals surface area (Å²) < 4.78 is 15.3. The van der Waals surface area contributed by atoms with E-state index < -0.39 is 0 Å². The number of aryl methyl sites for hydroxylation is 1. The van der Waals surface area contributed by atoms with Gasteiger partial charge in [-0.1, -0.05) is 19.3 Å². The Kier molecular flexibility index (Phi) is 3.28. The normalized spacial score (nSPS) is 18.9. The topological polar surface area (TPSA) is 17.8 Å². The van der Waals surface area contributed by atoms with E-state index in [1.165, 1.54) is 74.0 Å². The quantitative estimate of drug-likeness (QED) is 0.791. The predicted octanol–water partition coefficient (Wildman–Crippen LogP) is 4.55. The van der Waals surface area contributed by atoms with Gasteiger partial charge in [-0.25, -0.2) is 9.07 Å². The molecular formula is C18H21FN2. The summed E-state index contributed by atoms with van der Waals surface area (Å²) in [5.41, 5.74) is 5.20. The number of fused-ring (bicyclic) bond motifs is 1. The average Bonchev–Trinajstić information content (AvgIpc) is 3.09. The number of benzene rings is 1. The Morgan fingerprint density at radius 2 is 1.71 bits per heavy atom. The van der Waals surface area contributed by atoms with Gasteiger partial charge < -0.3 is 0 Å². The van der Waals surface area contributed by atoms with Gasteiger partial charge in [0.2, 0.25) is 0 Å². The first kappa shape index (κ1) is 13.1. The van der Waals surface area contributed by atoms with E-state index in [4.69, 9.17) is 5.10 Å². The molecule has 1 fully saturated rings. The van der Waals surface area contributed by atoms with Crippen molar-refractivity contribution < 1.29 is 4.39 Å². The molecule has 1 aromatic carbocycles. The highest BCUT2D eigenvalue weighted by Crippen LogP contribution is 2.39. The van der Waals surface area contributed by atoms with Gasteiger partial charge in [0.25, 0.3) is 0 Å². The summed E-state index contributed by atoms with van der Waals surface area (Å²) in [5, 5.41) is 4.86. The van der Waals surface area contributed by atoms with E-state index in [1.54, 1.807) is 0 Å². The van der Waals surface area contributed by atoms with E-state index >= 15 is 0 Å². The molecule has 1 heterocycles. The van der Waals surface area contributed by atoms with Crippen LogP contribution in [0.4, 0.5) is 4.39 Å². The Morgan fingerprint density at radius 1 is 0.952 bits per heavy atom. The van der Waals surface area contributed by atoms with Crippen molar-refractivity contribution >= 4 is 0 Å². The van der Waals surface area contributed by atoms with Crippen LogP contribution in [0.5, 0.6) is 0 Å². The van der Waals surface area contributed by atoms with E-state index in [0.717, 1.165) is 12.1 Å². The molecule has 0 N–H and O–H groups in total. The molecular weight excluding hydrogens is 263 g/mol. The maximum absolute atomic E-state index is 13.2. The average molecular weight is 284 g/mol. The molecule has 110 valence electrons. The Morgan fingerprint density at radius 3 is 2.48 bits per heavy atom. The highest BCUT2D eigenvalue weighted by Gasteiger charge is 2.28. The molecule has 2 aliphatic rings. The van der Waals surface area contributed by atoms with E-state index in [9.17, 15) is 4.39 Å². The Bertz CT molecular complexity index is 636. The number of rotatable bonds is 2. The summed E-state index contributed by atoms with van der Waals surface area (Å²) in [7, 11) is 0. The fourth-order valence-electron chi connectivity index (χ4n) is 3.99. The van der Waals surface area contributed by atoms with Crippen LogP contribution >= 0.6 is 0 Å². The fraction of sp³-hybridized carbons (Fsp3) is 0.500. The van der Waals surface area contributed by atoms with Crippen molar-refractivity contribution in [2.45, 2.75) is 57.3 Å². The van der Waals surface area contributed by atoms with Crippen molar-refractivity contribution in [2.24, 2.45) is 0 Å². The van der Waals surface area contributed by atoms with Gasteiger partial charge >= 0.3 is 0 Å². The number of nitrogens with zero attached hydrogens (tertiary/aromatic N) is 2. The third kappa shape index (κ3) is 2.29. The van der Waals surface area contributed by atoms with E-state index in [-0.39, 0.29) is 5.82 Å². The van der Waals surface area contributed by atoms with Crippen LogP contribution in [-0.2, 0) is 12.8 Å². The Balaban J connectivity index is 1.81. The third-order valence-electron chi connectivity index (χ3n) is 5.01. The summed E-state index contributed by atoms with van der Waals surface area (Å²) >= 11 is 0. The largest absolute Gasteiger partial charge is 0.237 e. The highest BCUT2D eigenvalue weighted by molar-refractivity contribution is 5.41. The SMILES string of the molecule is Fc1ccc(-n2nc3c(c2C2CCCCC2)CCC3)cc1. The van der Waals surface area contributed by atoms with Gasteiger partial charge in [-0.3, -0.25) is 0 Å². The minimum absolute atomic E-state index is 0.183. The minimum atomic E-state index is -0.183. The van der Waals surface area contributed by atoms with Crippen LogP contribution in [0.25, 0.3) is 5.69 Å². The van der Waals surface area contributed by atoms with Crippen molar-refractivity contribution in [1.82, 2.24) is 9.78 Å². The molecule has 0 unspecified atom stereocenters. The predicted molar refractivity (Wildman–Crippen MR) is 81.4 cm³/mol. The van der Waals surface area contributed by atoms with Gasteiger partial charge in [0, 0.05) is 5.92 Å². The van der Waals surface area contributed by atoms with Crippen LogP contribution in [0, 0.1) is 5.82 Å². The van der Waals surface area contributed by atoms with Crippen LogP contribution in [0.1, 0.15) is 61.4 Å². The van der Waals surface area contributed by atoms with Crippen LogP contribution < -0.4 is 0 Å². The van der Waals surface area contributed by atoms with Crippen LogP contribution in [-0.4, -0.2) is 9.78 Å². The second-order valence-electron chi connectivity index (χ2n) is 6.39. The summed E-state index contributed by atoms with van der Waals surface area (Å²) in [6.45, 7) is 0.